The summed E-state index contributed by atoms with van der Waals surface area (Å²) in [4.78, 5) is 10.1. The zero-order valence-corrected chi connectivity index (χ0v) is 10.3. The molecule has 0 aliphatic rings. The molecule has 0 fully saturated rings. The Morgan fingerprint density at radius 2 is 2.05 bits per heavy atom. The number of hydrogen-bond acceptors (Lipinski definition) is 5. The highest BCUT2D eigenvalue weighted by Gasteiger charge is 2.10. The Hall–Kier alpha value is -2.63. The van der Waals surface area contributed by atoms with E-state index in [1.807, 2.05) is 41.3 Å². The van der Waals surface area contributed by atoms with Crippen molar-refractivity contribution < 1.29 is 5.21 Å². The fourth-order valence-electron chi connectivity index (χ4n) is 1.70. The quantitative estimate of drug-likeness (QED) is 0.369. The molecule has 0 unspecified atom stereocenters. The van der Waals surface area contributed by atoms with Crippen molar-refractivity contribution in [1.82, 2.24) is 9.97 Å². The first kappa shape index (κ1) is 12.8. The molecule has 0 saturated heterocycles. The van der Waals surface area contributed by atoms with Crippen LogP contribution in [-0.2, 0) is 0 Å². The average Bonchev–Trinajstić information content (AvgIpc) is 2.49. The molecule has 0 saturated carbocycles. The van der Waals surface area contributed by atoms with Gasteiger partial charge in [0.05, 0.1) is 0 Å². The molecule has 0 aliphatic carbocycles. The Labute approximate surface area is 111 Å². The molecule has 1 aromatic heterocycles. The summed E-state index contributed by atoms with van der Waals surface area (Å²) in [6, 6.07) is 11.6. The predicted octanol–water partition coefficient (Wildman–Crippen LogP) is 1.75. The van der Waals surface area contributed by atoms with Crippen LogP contribution in [0, 0.1) is 0 Å². The molecule has 0 amide bonds. The van der Waals surface area contributed by atoms with Crippen molar-refractivity contribution in [2.24, 2.45) is 10.9 Å². The van der Waals surface area contributed by atoms with Gasteiger partial charge >= 0.3 is 0 Å². The van der Waals surface area contributed by atoms with E-state index in [4.69, 9.17) is 10.9 Å². The van der Waals surface area contributed by atoms with Crippen molar-refractivity contribution in [3.63, 3.8) is 0 Å². The van der Waals surface area contributed by atoms with E-state index in [2.05, 4.69) is 15.1 Å². The lowest BCUT2D eigenvalue weighted by molar-refractivity contribution is 0.317. The maximum absolute atomic E-state index is 8.61. The Kier molecular flexibility index (Phi) is 4.28. The number of anilines is 2. The van der Waals surface area contributed by atoms with Gasteiger partial charge in [0, 0.05) is 24.8 Å². The van der Waals surface area contributed by atoms with Crippen molar-refractivity contribution >= 4 is 17.3 Å². The smallest absolute Gasteiger partial charge is 0.140 e. The Balaban J connectivity index is 2.24. The van der Waals surface area contributed by atoms with Gasteiger partial charge < -0.3 is 15.8 Å². The van der Waals surface area contributed by atoms with Gasteiger partial charge in [-0.2, -0.15) is 0 Å². The number of rotatable bonds is 5. The number of oxime groups is 1. The van der Waals surface area contributed by atoms with Crippen LogP contribution in [-0.4, -0.2) is 27.6 Å². The molecule has 1 aromatic carbocycles. The lowest BCUT2D eigenvalue weighted by Crippen LogP contribution is -2.24. The third-order valence-electron chi connectivity index (χ3n) is 2.63. The molecular weight excluding hydrogens is 242 g/mol. The topological polar surface area (TPSA) is 87.6 Å². The van der Waals surface area contributed by atoms with Crippen LogP contribution in [0.25, 0.3) is 0 Å². The molecule has 3 N–H and O–H groups in total. The molecule has 2 aromatic rings. The molecule has 1 heterocycles. The van der Waals surface area contributed by atoms with Crippen molar-refractivity contribution in [1.29, 1.82) is 0 Å². The number of nitrogens with zero attached hydrogens (tertiary/aromatic N) is 4. The van der Waals surface area contributed by atoms with Crippen molar-refractivity contribution in [2.75, 3.05) is 11.4 Å². The van der Waals surface area contributed by atoms with E-state index in [-0.39, 0.29) is 5.84 Å². The Bertz CT molecular complexity index is 490. The van der Waals surface area contributed by atoms with E-state index in [1.165, 1.54) is 6.33 Å². The van der Waals surface area contributed by atoms with Crippen LogP contribution in [0.3, 0.4) is 0 Å². The third kappa shape index (κ3) is 3.41. The predicted molar refractivity (Wildman–Crippen MR) is 73.5 cm³/mol. The minimum Gasteiger partial charge on any atom is -0.409 e. The van der Waals surface area contributed by atoms with Gasteiger partial charge in [-0.15, -0.1) is 0 Å². The molecular formula is C13H15N5O. The first-order valence-electron chi connectivity index (χ1n) is 5.86. The highest BCUT2D eigenvalue weighted by atomic mass is 16.4. The van der Waals surface area contributed by atoms with Gasteiger partial charge in [-0.05, 0) is 18.2 Å². The molecule has 6 nitrogen and oxygen atoms in total. The van der Waals surface area contributed by atoms with Gasteiger partial charge in [0.15, 0.2) is 0 Å². The summed E-state index contributed by atoms with van der Waals surface area (Å²) >= 11 is 0. The molecule has 2 rings (SSSR count). The molecule has 0 spiro atoms. The summed E-state index contributed by atoms with van der Waals surface area (Å²) in [5, 5.41) is 11.6. The van der Waals surface area contributed by atoms with Crippen molar-refractivity contribution in [2.45, 2.75) is 6.42 Å². The molecule has 0 radical (unpaired) electrons. The Morgan fingerprint density at radius 1 is 1.26 bits per heavy atom. The first-order valence-corrected chi connectivity index (χ1v) is 5.86. The number of aromatic nitrogens is 2. The number of benzene rings is 1. The van der Waals surface area contributed by atoms with Gasteiger partial charge in [0.1, 0.15) is 18.0 Å². The second kappa shape index (κ2) is 6.34. The zero-order valence-electron chi connectivity index (χ0n) is 10.3. The fraction of sp³-hybridized carbons (Fsp3) is 0.154. The summed E-state index contributed by atoms with van der Waals surface area (Å²) in [5.74, 6) is 0.960. The molecule has 0 atom stereocenters. The molecule has 98 valence electrons. The van der Waals surface area contributed by atoms with Crippen LogP contribution in [0.4, 0.5) is 11.5 Å². The van der Waals surface area contributed by atoms with Crippen molar-refractivity contribution in [3.8, 4) is 0 Å². The second-order valence-corrected chi connectivity index (χ2v) is 3.90. The van der Waals surface area contributed by atoms with Gasteiger partial charge in [0.25, 0.3) is 0 Å². The number of para-hydroxylation sites is 1. The summed E-state index contributed by atoms with van der Waals surface area (Å²) < 4.78 is 0. The van der Waals surface area contributed by atoms with Gasteiger partial charge in [-0.25, -0.2) is 9.97 Å². The largest absolute Gasteiger partial charge is 0.409 e. The van der Waals surface area contributed by atoms with E-state index in [0.717, 1.165) is 11.5 Å². The van der Waals surface area contributed by atoms with Crippen LogP contribution >= 0.6 is 0 Å². The van der Waals surface area contributed by atoms with E-state index < -0.39 is 0 Å². The number of nitrogens with two attached hydrogens (primary N) is 1. The standard InChI is InChI=1S/C13H15N5O/c14-12(17-19)7-9-18(11-4-2-1-3-5-11)13-6-8-15-10-16-13/h1-6,8,10,19H,7,9H2,(H2,14,17). The highest BCUT2D eigenvalue weighted by Crippen LogP contribution is 2.22. The van der Waals surface area contributed by atoms with E-state index >= 15 is 0 Å². The fourth-order valence-corrected chi connectivity index (χ4v) is 1.70. The van der Waals surface area contributed by atoms with Crippen LogP contribution < -0.4 is 10.6 Å². The van der Waals surface area contributed by atoms with Gasteiger partial charge in [-0.3, -0.25) is 0 Å². The van der Waals surface area contributed by atoms with Crippen LogP contribution in [0.2, 0.25) is 0 Å². The summed E-state index contributed by atoms with van der Waals surface area (Å²) in [6.45, 7) is 0.566. The van der Waals surface area contributed by atoms with Crippen LogP contribution in [0.1, 0.15) is 6.42 Å². The molecule has 6 heteroatoms. The Morgan fingerprint density at radius 3 is 2.68 bits per heavy atom. The monoisotopic (exact) mass is 257 g/mol. The summed E-state index contributed by atoms with van der Waals surface area (Å²) in [7, 11) is 0. The zero-order chi connectivity index (χ0) is 13.5. The SMILES string of the molecule is NC(CCN(c1ccccc1)c1ccncn1)=NO. The van der Waals surface area contributed by atoms with Crippen LogP contribution in [0.15, 0.2) is 54.1 Å². The van der Waals surface area contributed by atoms with Gasteiger partial charge in [-0.1, -0.05) is 23.4 Å². The lowest BCUT2D eigenvalue weighted by atomic mass is 10.2. The first-order chi connectivity index (χ1) is 9.31. The van der Waals surface area contributed by atoms with E-state index in [0.29, 0.717) is 13.0 Å². The molecule has 19 heavy (non-hydrogen) atoms. The van der Waals surface area contributed by atoms with E-state index in [9.17, 15) is 0 Å². The summed E-state index contributed by atoms with van der Waals surface area (Å²) in [5.41, 5.74) is 6.51. The van der Waals surface area contributed by atoms with E-state index in [1.54, 1.807) is 6.20 Å². The lowest BCUT2D eigenvalue weighted by Gasteiger charge is -2.23. The molecule has 0 bridgehead atoms. The second-order valence-electron chi connectivity index (χ2n) is 3.90. The number of amidine groups is 1. The highest BCUT2D eigenvalue weighted by molar-refractivity contribution is 5.80. The average molecular weight is 257 g/mol. The number of hydrogen-bond donors (Lipinski definition) is 2. The summed E-state index contributed by atoms with van der Waals surface area (Å²) in [6.07, 6.45) is 3.62. The minimum absolute atomic E-state index is 0.190. The maximum atomic E-state index is 8.61. The third-order valence-corrected chi connectivity index (χ3v) is 2.63. The van der Waals surface area contributed by atoms with Crippen LogP contribution in [0.5, 0.6) is 0 Å². The van der Waals surface area contributed by atoms with Crippen molar-refractivity contribution in [3.05, 3.63) is 48.9 Å². The molecule has 0 aliphatic heterocycles. The normalized spacial score (nSPS) is 11.3. The van der Waals surface area contributed by atoms with Gasteiger partial charge in [0.2, 0.25) is 0 Å². The maximum Gasteiger partial charge on any atom is 0.140 e. The minimum atomic E-state index is 0.190.